The number of rotatable bonds is 2. The quantitative estimate of drug-likeness (QED) is 0.806. The van der Waals surface area contributed by atoms with Crippen molar-refractivity contribution in [3.8, 4) is 0 Å². The zero-order valence-electron chi connectivity index (χ0n) is 8.70. The molecule has 0 saturated heterocycles. The Kier molecular flexibility index (Phi) is 2.83. The summed E-state index contributed by atoms with van der Waals surface area (Å²) in [5.74, 6) is -0.623. The van der Waals surface area contributed by atoms with Crippen molar-refractivity contribution in [1.29, 1.82) is 0 Å². The van der Waals surface area contributed by atoms with Crippen LogP contribution in [-0.4, -0.2) is 4.57 Å². The van der Waals surface area contributed by atoms with Crippen LogP contribution in [0.1, 0.15) is 13.3 Å². The molecule has 0 N–H and O–H groups in total. The zero-order chi connectivity index (χ0) is 11.7. The van der Waals surface area contributed by atoms with Crippen LogP contribution in [0.15, 0.2) is 32.2 Å². The third kappa shape index (κ3) is 1.76. The van der Waals surface area contributed by atoms with E-state index >= 15 is 0 Å². The van der Waals surface area contributed by atoms with Gasteiger partial charge < -0.3 is 4.42 Å². The van der Waals surface area contributed by atoms with Crippen LogP contribution in [0.5, 0.6) is 0 Å². The predicted molar refractivity (Wildman–Crippen MR) is 62.0 cm³/mol. The molecule has 4 nitrogen and oxygen atoms in total. The van der Waals surface area contributed by atoms with Crippen LogP contribution < -0.4 is 11.4 Å². The fourth-order valence-electron chi connectivity index (χ4n) is 1.63. The van der Waals surface area contributed by atoms with Crippen molar-refractivity contribution in [2.45, 2.75) is 19.9 Å². The van der Waals surface area contributed by atoms with Crippen LogP contribution in [0.2, 0.25) is 5.02 Å². The van der Waals surface area contributed by atoms with Gasteiger partial charge in [-0.25, -0.2) is 9.59 Å². The van der Waals surface area contributed by atoms with Gasteiger partial charge in [-0.05, 0) is 24.6 Å². The minimum atomic E-state index is -0.644. The predicted octanol–water partition coefficient (Wildman–Crippen LogP) is 2.02. The average Bonchev–Trinajstić information content (AvgIpc) is 2.24. The van der Waals surface area contributed by atoms with Crippen molar-refractivity contribution in [3.63, 3.8) is 0 Å². The molecule has 0 aliphatic rings. The summed E-state index contributed by atoms with van der Waals surface area (Å²) in [6.07, 6.45) is 0.783. The van der Waals surface area contributed by atoms with Gasteiger partial charge in [0.15, 0.2) is 0 Å². The second kappa shape index (κ2) is 4.14. The zero-order valence-corrected chi connectivity index (χ0v) is 9.45. The monoisotopic (exact) mass is 239 g/mol. The first kappa shape index (κ1) is 11.0. The van der Waals surface area contributed by atoms with Gasteiger partial charge in [0.05, 0.1) is 10.9 Å². The Morgan fingerprint density at radius 2 is 2.12 bits per heavy atom. The Morgan fingerprint density at radius 1 is 1.38 bits per heavy atom. The molecule has 1 heterocycles. The standard InChI is InChI=1S/C11H10ClNO3/c1-2-5-13-9-4-3-7(12)6-8(9)10(14)16-11(13)15/h3-4,6H,2,5H2,1H3. The van der Waals surface area contributed by atoms with E-state index in [-0.39, 0.29) is 0 Å². The fourth-order valence-corrected chi connectivity index (χ4v) is 1.80. The summed E-state index contributed by atoms with van der Waals surface area (Å²) in [7, 11) is 0. The SMILES string of the molecule is CCCn1c(=O)oc(=O)c2cc(Cl)ccc21. The topological polar surface area (TPSA) is 52.2 Å². The summed E-state index contributed by atoms with van der Waals surface area (Å²) in [6.45, 7) is 2.46. The first-order valence-electron chi connectivity index (χ1n) is 4.96. The average molecular weight is 240 g/mol. The molecule has 0 aliphatic heterocycles. The number of hydrogen-bond acceptors (Lipinski definition) is 3. The molecule has 1 aromatic heterocycles. The molecule has 0 bridgehead atoms. The smallest absolute Gasteiger partial charge is 0.372 e. The van der Waals surface area contributed by atoms with E-state index in [1.807, 2.05) is 6.92 Å². The van der Waals surface area contributed by atoms with Gasteiger partial charge >= 0.3 is 11.4 Å². The molecule has 0 fully saturated rings. The Balaban J connectivity index is 2.90. The number of hydrogen-bond donors (Lipinski definition) is 0. The molecule has 0 amide bonds. The summed E-state index contributed by atoms with van der Waals surface area (Å²) >= 11 is 5.79. The van der Waals surface area contributed by atoms with Crippen LogP contribution >= 0.6 is 11.6 Å². The molecule has 2 aromatic rings. The van der Waals surface area contributed by atoms with Crippen molar-refractivity contribution >= 4 is 22.5 Å². The van der Waals surface area contributed by atoms with Crippen LogP contribution in [0, 0.1) is 0 Å². The normalized spacial score (nSPS) is 10.9. The highest BCUT2D eigenvalue weighted by atomic mass is 35.5. The van der Waals surface area contributed by atoms with Gasteiger partial charge in [0.25, 0.3) is 0 Å². The maximum absolute atomic E-state index is 11.5. The Hall–Kier alpha value is -1.55. The lowest BCUT2D eigenvalue weighted by atomic mass is 10.2. The molecule has 0 atom stereocenters. The number of fused-ring (bicyclic) bond motifs is 1. The van der Waals surface area contributed by atoms with Gasteiger partial charge in [-0.3, -0.25) is 4.57 Å². The van der Waals surface area contributed by atoms with Crippen LogP contribution in [-0.2, 0) is 6.54 Å². The second-order valence-electron chi connectivity index (χ2n) is 3.47. The van der Waals surface area contributed by atoms with Gasteiger partial charge in [-0.1, -0.05) is 18.5 Å². The Bertz CT molecular complexity index is 642. The number of nitrogens with zero attached hydrogens (tertiary/aromatic N) is 1. The van der Waals surface area contributed by atoms with Crippen molar-refractivity contribution in [2.75, 3.05) is 0 Å². The Morgan fingerprint density at radius 3 is 2.81 bits per heavy atom. The second-order valence-corrected chi connectivity index (χ2v) is 3.90. The first-order chi connectivity index (χ1) is 7.63. The number of aryl methyl sites for hydroxylation is 1. The van der Waals surface area contributed by atoms with E-state index in [9.17, 15) is 9.59 Å². The van der Waals surface area contributed by atoms with Gasteiger partial charge in [0.1, 0.15) is 0 Å². The van der Waals surface area contributed by atoms with E-state index in [1.54, 1.807) is 12.1 Å². The summed E-state index contributed by atoms with van der Waals surface area (Å²) in [4.78, 5) is 23.0. The van der Waals surface area contributed by atoms with E-state index in [2.05, 4.69) is 4.42 Å². The molecule has 2 rings (SSSR count). The van der Waals surface area contributed by atoms with E-state index < -0.39 is 11.4 Å². The van der Waals surface area contributed by atoms with Gasteiger partial charge in [0, 0.05) is 11.6 Å². The van der Waals surface area contributed by atoms with E-state index in [0.29, 0.717) is 22.5 Å². The van der Waals surface area contributed by atoms with Crippen molar-refractivity contribution in [1.82, 2.24) is 4.57 Å². The molecular weight excluding hydrogens is 230 g/mol. The molecule has 0 saturated carbocycles. The number of halogens is 1. The Labute approximate surface area is 96.1 Å². The van der Waals surface area contributed by atoms with Gasteiger partial charge in [0.2, 0.25) is 0 Å². The van der Waals surface area contributed by atoms with Crippen LogP contribution in [0.25, 0.3) is 10.9 Å². The molecule has 0 spiro atoms. The highest BCUT2D eigenvalue weighted by Crippen LogP contribution is 2.15. The van der Waals surface area contributed by atoms with Gasteiger partial charge in [-0.2, -0.15) is 0 Å². The third-order valence-corrected chi connectivity index (χ3v) is 2.55. The molecule has 1 aromatic carbocycles. The lowest BCUT2D eigenvalue weighted by molar-refractivity contribution is 0.415. The van der Waals surface area contributed by atoms with E-state index in [4.69, 9.17) is 11.6 Å². The summed E-state index contributed by atoms with van der Waals surface area (Å²) in [5.41, 5.74) is -0.0812. The van der Waals surface area contributed by atoms with E-state index in [0.717, 1.165) is 6.42 Å². The highest BCUT2D eigenvalue weighted by Gasteiger charge is 2.08. The number of benzene rings is 1. The lowest BCUT2D eigenvalue weighted by Crippen LogP contribution is -2.24. The fraction of sp³-hybridized carbons (Fsp3) is 0.273. The van der Waals surface area contributed by atoms with Crippen LogP contribution in [0.3, 0.4) is 0 Å². The molecule has 84 valence electrons. The lowest BCUT2D eigenvalue weighted by Gasteiger charge is -2.06. The minimum absolute atomic E-state index is 0.334. The van der Waals surface area contributed by atoms with Crippen molar-refractivity contribution < 1.29 is 4.42 Å². The summed E-state index contributed by atoms with van der Waals surface area (Å²) in [6, 6.07) is 4.81. The number of aromatic nitrogens is 1. The van der Waals surface area contributed by atoms with Gasteiger partial charge in [-0.15, -0.1) is 0 Å². The molecular formula is C11H10ClNO3. The van der Waals surface area contributed by atoms with Crippen LogP contribution in [0.4, 0.5) is 0 Å². The molecule has 0 aliphatic carbocycles. The van der Waals surface area contributed by atoms with E-state index in [1.165, 1.54) is 10.6 Å². The minimum Gasteiger partial charge on any atom is -0.372 e. The summed E-state index contributed by atoms with van der Waals surface area (Å²) in [5, 5.41) is 0.780. The summed E-state index contributed by atoms with van der Waals surface area (Å²) < 4.78 is 6.06. The van der Waals surface area contributed by atoms with Crippen molar-refractivity contribution in [2.24, 2.45) is 0 Å². The first-order valence-corrected chi connectivity index (χ1v) is 5.34. The molecule has 16 heavy (non-hydrogen) atoms. The molecule has 0 unspecified atom stereocenters. The largest absolute Gasteiger partial charge is 0.422 e. The maximum Gasteiger partial charge on any atom is 0.422 e. The highest BCUT2D eigenvalue weighted by molar-refractivity contribution is 6.31. The maximum atomic E-state index is 11.5. The third-order valence-electron chi connectivity index (χ3n) is 2.32. The van der Waals surface area contributed by atoms with Crippen molar-refractivity contribution in [3.05, 3.63) is 44.2 Å². The molecule has 5 heteroatoms. The molecule has 0 radical (unpaired) electrons.